The highest BCUT2D eigenvalue weighted by atomic mass is 35.5. The number of hydrogen-bond donors (Lipinski definition) is 0. The fourth-order valence-electron chi connectivity index (χ4n) is 2.74. The van der Waals surface area contributed by atoms with Crippen LogP contribution >= 0.6 is 23.2 Å². The molecule has 0 unspecified atom stereocenters. The molecule has 0 N–H and O–H groups in total. The summed E-state index contributed by atoms with van der Waals surface area (Å²) >= 11 is 12.1. The molecule has 2 rings (SSSR count). The van der Waals surface area contributed by atoms with Gasteiger partial charge in [-0.1, -0.05) is 49.2 Å². The van der Waals surface area contributed by atoms with E-state index in [2.05, 4.69) is 0 Å². The van der Waals surface area contributed by atoms with Gasteiger partial charge < -0.3 is 4.90 Å². The van der Waals surface area contributed by atoms with E-state index in [0.717, 1.165) is 0 Å². The van der Waals surface area contributed by atoms with E-state index in [4.69, 9.17) is 23.2 Å². The summed E-state index contributed by atoms with van der Waals surface area (Å²) in [5.41, 5.74) is 0.654. The van der Waals surface area contributed by atoms with Gasteiger partial charge in [-0.25, -0.2) is 8.42 Å². The van der Waals surface area contributed by atoms with Crippen LogP contribution in [0.1, 0.15) is 25.8 Å². The van der Waals surface area contributed by atoms with Gasteiger partial charge in [-0.3, -0.25) is 4.79 Å². The molecule has 1 amide bonds. The van der Waals surface area contributed by atoms with Crippen LogP contribution in [0, 0.1) is 5.92 Å². The summed E-state index contributed by atoms with van der Waals surface area (Å²) in [6.45, 7) is 4.52. The Bertz CT molecular complexity index is 744. The highest BCUT2D eigenvalue weighted by Crippen LogP contribution is 2.26. The second kappa shape index (κ2) is 7.89. The molecule has 1 aromatic rings. The molecule has 7 heteroatoms. The molecule has 1 aromatic carbocycles. The van der Waals surface area contributed by atoms with Crippen LogP contribution < -0.4 is 0 Å². The third kappa shape index (κ3) is 4.98. The monoisotopic (exact) mass is 389 g/mol. The summed E-state index contributed by atoms with van der Waals surface area (Å²) in [6.07, 6.45) is 3.55. The summed E-state index contributed by atoms with van der Waals surface area (Å²) in [7, 11) is -3.05. The molecule has 0 spiro atoms. The quantitative estimate of drug-likeness (QED) is 0.721. The van der Waals surface area contributed by atoms with Crippen LogP contribution in [0.3, 0.4) is 0 Å². The number of nitrogens with zero attached hydrogens (tertiary/aromatic N) is 1. The lowest BCUT2D eigenvalue weighted by molar-refractivity contribution is -0.128. The first-order valence-corrected chi connectivity index (χ1v) is 10.4. The average Bonchev–Trinajstić information content (AvgIpc) is 2.85. The van der Waals surface area contributed by atoms with Crippen LogP contribution in [0.15, 0.2) is 24.3 Å². The minimum absolute atomic E-state index is 0.0389. The van der Waals surface area contributed by atoms with Crippen molar-refractivity contribution in [2.24, 2.45) is 5.92 Å². The van der Waals surface area contributed by atoms with Gasteiger partial charge in [-0.2, -0.15) is 0 Å². The predicted molar refractivity (Wildman–Crippen MR) is 99.1 cm³/mol. The highest BCUT2D eigenvalue weighted by Gasteiger charge is 2.34. The zero-order chi connectivity index (χ0) is 17.9. The van der Waals surface area contributed by atoms with Gasteiger partial charge in [0.25, 0.3) is 0 Å². The van der Waals surface area contributed by atoms with Crippen LogP contribution in [0.2, 0.25) is 10.0 Å². The predicted octanol–water partition coefficient (Wildman–Crippen LogP) is 3.68. The van der Waals surface area contributed by atoms with Crippen LogP contribution in [0.4, 0.5) is 0 Å². The molecule has 0 saturated carbocycles. The first-order valence-electron chi connectivity index (χ1n) is 7.82. The summed E-state index contributed by atoms with van der Waals surface area (Å²) < 4.78 is 23.5. The Morgan fingerprint density at radius 1 is 1.38 bits per heavy atom. The zero-order valence-corrected chi connectivity index (χ0v) is 16.0. The number of carbonyl (C=O) groups excluding carboxylic acids is 1. The zero-order valence-electron chi connectivity index (χ0n) is 13.7. The lowest BCUT2D eigenvalue weighted by atomic mass is 10.1. The molecule has 1 aliphatic rings. The standard InChI is InChI=1S/C17H21Cl2NO3S/c1-12(2)10-20(14-8-9-24(22,23)11-14)16(21)7-6-13-4-3-5-15(18)17(13)19/h3-7,12,14H,8-11H2,1-2H3/b7-6+/t14-/m0/s1. The molecular weight excluding hydrogens is 369 g/mol. The first-order chi connectivity index (χ1) is 11.2. The van der Waals surface area contributed by atoms with E-state index < -0.39 is 9.84 Å². The van der Waals surface area contributed by atoms with Crippen molar-refractivity contribution in [2.75, 3.05) is 18.1 Å². The van der Waals surface area contributed by atoms with Crippen molar-refractivity contribution in [3.8, 4) is 0 Å². The van der Waals surface area contributed by atoms with Crippen molar-refractivity contribution in [3.05, 3.63) is 39.9 Å². The van der Waals surface area contributed by atoms with E-state index in [-0.39, 0.29) is 29.4 Å². The molecule has 0 radical (unpaired) electrons. The van der Waals surface area contributed by atoms with Gasteiger partial charge in [0.05, 0.1) is 21.6 Å². The molecule has 1 atom stereocenters. The fraction of sp³-hybridized carbons (Fsp3) is 0.471. The Morgan fingerprint density at radius 3 is 2.67 bits per heavy atom. The Hall–Kier alpha value is -1.04. The summed E-state index contributed by atoms with van der Waals surface area (Å²) in [5.74, 6) is 0.225. The van der Waals surface area contributed by atoms with Crippen molar-refractivity contribution in [1.82, 2.24) is 4.90 Å². The molecule has 1 heterocycles. The van der Waals surface area contributed by atoms with Crippen molar-refractivity contribution < 1.29 is 13.2 Å². The molecule has 4 nitrogen and oxygen atoms in total. The number of rotatable bonds is 5. The van der Waals surface area contributed by atoms with E-state index in [1.165, 1.54) is 6.08 Å². The number of benzene rings is 1. The maximum atomic E-state index is 12.6. The number of amides is 1. The fourth-order valence-corrected chi connectivity index (χ4v) is 4.84. The van der Waals surface area contributed by atoms with Crippen molar-refractivity contribution in [2.45, 2.75) is 26.3 Å². The molecular formula is C17H21Cl2NO3S. The maximum absolute atomic E-state index is 12.6. The second-order valence-electron chi connectivity index (χ2n) is 6.42. The van der Waals surface area contributed by atoms with Crippen LogP contribution in [0.25, 0.3) is 6.08 Å². The molecule has 1 saturated heterocycles. The van der Waals surface area contributed by atoms with Gasteiger partial charge in [-0.05, 0) is 30.0 Å². The van der Waals surface area contributed by atoms with E-state index in [9.17, 15) is 13.2 Å². The van der Waals surface area contributed by atoms with E-state index in [1.807, 2.05) is 13.8 Å². The van der Waals surface area contributed by atoms with Crippen molar-refractivity contribution in [3.63, 3.8) is 0 Å². The molecule has 0 bridgehead atoms. The van der Waals surface area contributed by atoms with Gasteiger partial charge in [0.2, 0.25) is 5.91 Å². The lowest BCUT2D eigenvalue weighted by Gasteiger charge is -2.28. The van der Waals surface area contributed by atoms with Gasteiger partial charge in [0.15, 0.2) is 9.84 Å². The van der Waals surface area contributed by atoms with Gasteiger partial charge >= 0.3 is 0 Å². The van der Waals surface area contributed by atoms with Crippen molar-refractivity contribution in [1.29, 1.82) is 0 Å². The lowest BCUT2D eigenvalue weighted by Crippen LogP contribution is -2.42. The minimum atomic E-state index is -3.05. The van der Waals surface area contributed by atoms with Gasteiger partial charge in [0, 0.05) is 18.7 Å². The van der Waals surface area contributed by atoms with Crippen molar-refractivity contribution >= 4 is 45.0 Å². The second-order valence-corrected chi connectivity index (χ2v) is 9.43. The topological polar surface area (TPSA) is 54.5 Å². The number of sulfone groups is 1. The van der Waals surface area contributed by atoms with E-state index in [1.54, 1.807) is 29.2 Å². The molecule has 24 heavy (non-hydrogen) atoms. The first kappa shape index (κ1) is 19.3. The highest BCUT2D eigenvalue weighted by molar-refractivity contribution is 7.91. The number of halogens is 2. The summed E-state index contributed by atoms with van der Waals surface area (Å²) in [5, 5.41) is 0.814. The molecule has 132 valence electrons. The smallest absolute Gasteiger partial charge is 0.246 e. The Kier molecular flexibility index (Phi) is 6.34. The Labute approximate surface area is 153 Å². The molecule has 0 aromatic heterocycles. The molecule has 1 fully saturated rings. The van der Waals surface area contributed by atoms with E-state index in [0.29, 0.717) is 28.6 Å². The SMILES string of the molecule is CC(C)CN(C(=O)/C=C/c1cccc(Cl)c1Cl)[C@H]1CCS(=O)(=O)C1. The van der Waals surface area contributed by atoms with Gasteiger partial charge in [0.1, 0.15) is 0 Å². The average molecular weight is 390 g/mol. The third-order valence-electron chi connectivity index (χ3n) is 3.88. The van der Waals surface area contributed by atoms with E-state index >= 15 is 0 Å². The third-order valence-corrected chi connectivity index (χ3v) is 6.46. The molecule has 0 aliphatic carbocycles. The van der Waals surface area contributed by atoms with Crippen LogP contribution in [-0.4, -0.2) is 43.3 Å². The van der Waals surface area contributed by atoms with Crippen LogP contribution in [-0.2, 0) is 14.6 Å². The Balaban J connectivity index is 2.19. The molecule has 1 aliphatic heterocycles. The number of hydrogen-bond acceptors (Lipinski definition) is 3. The van der Waals surface area contributed by atoms with Crippen LogP contribution in [0.5, 0.6) is 0 Å². The maximum Gasteiger partial charge on any atom is 0.246 e. The summed E-state index contributed by atoms with van der Waals surface area (Å²) in [4.78, 5) is 14.3. The largest absolute Gasteiger partial charge is 0.335 e. The number of carbonyl (C=O) groups is 1. The summed E-state index contributed by atoms with van der Waals surface area (Å²) in [6, 6.07) is 4.94. The minimum Gasteiger partial charge on any atom is -0.335 e. The Morgan fingerprint density at radius 2 is 2.08 bits per heavy atom. The normalized spacial score (nSPS) is 20.0. The van der Waals surface area contributed by atoms with Gasteiger partial charge in [-0.15, -0.1) is 0 Å².